The fourth-order valence-corrected chi connectivity index (χ4v) is 5.82. The average molecular weight is 496 g/mol. The highest BCUT2D eigenvalue weighted by atomic mass is 32.2. The van der Waals surface area contributed by atoms with E-state index in [2.05, 4.69) is 38.7 Å². The van der Waals surface area contributed by atoms with Crippen molar-refractivity contribution in [3.63, 3.8) is 0 Å². The van der Waals surface area contributed by atoms with Crippen molar-refractivity contribution in [3.05, 3.63) is 54.2 Å². The maximum atomic E-state index is 12.4. The highest BCUT2D eigenvalue weighted by Crippen LogP contribution is 2.34. The van der Waals surface area contributed by atoms with Crippen LogP contribution in [-0.4, -0.2) is 57.6 Å². The van der Waals surface area contributed by atoms with Crippen LogP contribution >= 0.6 is 0 Å². The lowest BCUT2D eigenvalue weighted by Gasteiger charge is -2.33. The van der Waals surface area contributed by atoms with E-state index in [1.807, 2.05) is 11.0 Å². The van der Waals surface area contributed by atoms with E-state index in [1.54, 1.807) is 6.07 Å². The summed E-state index contributed by atoms with van der Waals surface area (Å²) in [6, 6.07) is 13.0. The molecule has 0 radical (unpaired) electrons. The SMILES string of the molecule is CS(=O)(=O)N[C@H]1CCN(c2ccc(OC(F)F)cn2)[C@H]1CO[C@H]1CC[C@@H](c2ccccc2)CC1. The summed E-state index contributed by atoms with van der Waals surface area (Å²) in [6.45, 7) is -1.99. The lowest BCUT2D eigenvalue weighted by Crippen LogP contribution is -2.48. The maximum Gasteiger partial charge on any atom is 0.387 e. The van der Waals surface area contributed by atoms with Gasteiger partial charge in [-0.1, -0.05) is 30.3 Å². The molecule has 0 bridgehead atoms. The van der Waals surface area contributed by atoms with Crippen LogP contribution in [0.2, 0.25) is 0 Å². The Morgan fingerprint density at radius 1 is 1.09 bits per heavy atom. The van der Waals surface area contributed by atoms with Crippen LogP contribution in [0.15, 0.2) is 48.7 Å². The van der Waals surface area contributed by atoms with Crippen molar-refractivity contribution in [1.82, 2.24) is 9.71 Å². The Balaban J connectivity index is 1.39. The minimum atomic E-state index is -3.40. The van der Waals surface area contributed by atoms with Gasteiger partial charge in [-0.2, -0.15) is 8.78 Å². The van der Waals surface area contributed by atoms with E-state index in [0.29, 0.717) is 31.3 Å². The standard InChI is InChI=1S/C24H31F2N3O4S/c1-34(30,31)28-21-13-14-29(23-12-11-20(15-27-23)33-24(25)26)22(21)16-32-19-9-7-18(8-10-19)17-5-3-2-4-6-17/h2-6,11-12,15,18-19,21-22,24,28H,7-10,13-14,16H2,1H3/t18-,19+,21-,22-/m0/s1. The molecular weight excluding hydrogens is 464 g/mol. The molecule has 0 spiro atoms. The molecule has 2 heterocycles. The van der Waals surface area contributed by atoms with Crippen LogP contribution in [0.4, 0.5) is 14.6 Å². The summed E-state index contributed by atoms with van der Waals surface area (Å²) in [5, 5.41) is 0. The summed E-state index contributed by atoms with van der Waals surface area (Å²) in [5.41, 5.74) is 1.37. The van der Waals surface area contributed by atoms with E-state index in [-0.39, 0.29) is 23.9 Å². The molecule has 2 aliphatic rings. The second-order valence-corrected chi connectivity index (χ2v) is 10.8. The highest BCUT2D eigenvalue weighted by molar-refractivity contribution is 7.88. The van der Waals surface area contributed by atoms with Crippen molar-refractivity contribution in [3.8, 4) is 5.75 Å². The zero-order valence-electron chi connectivity index (χ0n) is 19.1. The Morgan fingerprint density at radius 3 is 2.44 bits per heavy atom. The lowest BCUT2D eigenvalue weighted by atomic mass is 9.83. The summed E-state index contributed by atoms with van der Waals surface area (Å²) in [4.78, 5) is 6.24. The minimum absolute atomic E-state index is 0.0215. The topological polar surface area (TPSA) is 80.8 Å². The molecule has 2 atom stereocenters. The van der Waals surface area contributed by atoms with E-state index in [1.165, 1.54) is 17.8 Å². The summed E-state index contributed by atoms with van der Waals surface area (Å²) in [6.07, 6.45) is 7.13. The number of nitrogens with zero attached hydrogens (tertiary/aromatic N) is 2. The first-order chi connectivity index (χ1) is 16.3. The van der Waals surface area contributed by atoms with Gasteiger partial charge in [-0.15, -0.1) is 0 Å². The molecule has 1 aromatic carbocycles. The third kappa shape index (κ3) is 6.64. The van der Waals surface area contributed by atoms with E-state index in [0.717, 1.165) is 31.9 Å². The Labute approximate surface area is 199 Å². The van der Waals surface area contributed by atoms with Crippen LogP contribution in [0.3, 0.4) is 0 Å². The van der Waals surface area contributed by atoms with Crippen molar-refractivity contribution in [1.29, 1.82) is 0 Å². The first kappa shape index (κ1) is 24.8. The Morgan fingerprint density at radius 2 is 1.82 bits per heavy atom. The number of hydrogen-bond acceptors (Lipinski definition) is 6. The van der Waals surface area contributed by atoms with Gasteiger partial charge in [0.05, 0.1) is 31.2 Å². The van der Waals surface area contributed by atoms with Gasteiger partial charge in [0.1, 0.15) is 11.6 Å². The summed E-state index contributed by atoms with van der Waals surface area (Å²) in [7, 11) is -3.40. The number of halogens is 2. The summed E-state index contributed by atoms with van der Waals surface area (Å²) in [5.74, 6) is 1.09. The first-order valence-corrected chi connectivity index (χ1v) is 13.5. The normalized spacial score (nSPS) is 25.6. The Hall–Kier alpha value is -2.30. The van der Waals surface area contributed by atoms with Crippen LogP contribution in [-0.2, 0) is 14.8 Å². The van der Waals surface area contributed by atoms with Gasteiger partial charge < -0.3 is 14.4 Å². The molecule has 1 aliphatic carbocycles. The molecule has 1 N–H and O–H groups in total. The van der Waals surface area contributed by atoms with Gasteiger partial charge in [-0.05, 0) is 55.7 Å². The predicted octanol–water partition coefficient (Wildman–Crippen LogP) is 3.92. The molecule has 1 aromatic heterocycles. The number of ether oxygens (including phenoxy) is 2. The second kappa shape index (κ2) is 11.0. The van der Waals surface area contributed by atoms with Crippen molar-refractivity contribution in [2.24, 2.45) is 0 Å². The van der Waals surface area contributed by atoms with Gasteiger partial charge in [-0.25, -0.2) is 18.1 Å². The number of anilines is 1. The second-order valence-electron chi connectivity index (χ2n) is 8.99. The number of benzene rings is 1. The van der Waals surface area contributed by atoms with Gasteiger partial charge >= 0.3 is 6.61 Å². The zero-order chi connectivity index (χ0) is 24.1. The molecule has 4 rings (SSSR count). The van der Waals surface area contributed by atoms with Crippen molar-refractivity contribution in [2.75, 3.05) is 24.3 Å². The zero-order valence-corrected chi connectivity index (χ0v) is 20.0. The van der Waals surface area contributed by atoms with E-state index in [4.69, 9.17) is 4.74 Å². The minimum Gasteiger partial charge on any atom is -0.433 e. The molecule has 0 unspecified atom stereocenters. The van der Waals surface area contributed by atoms with Gasteiger partial charge in [0, 0.05) is 12.6 Å². The van der Waals surface area contributed by atoms with E-state index in [9.17, 15) is 17.2 Å². The smallest absolute Gasteiger partial charge is 0.387 e. The number of nitrogens with one attached hydrogen (secondary N) is 1. The molecule has 34 heavy (non-hydrogen) atoms. The number of aromatic nitrogens is 1. The van der Waals surface area contributed by atoms with Crippen molar-refractivity contribution in [2.45, 2.75) is 62.8 Å². The van der Waals surface area contributed by atoms with E-state index < -0.39 is 16.6 Å². The molecular formula is C24H31F2N3O4S. The average Bonchev–Trinajstić information content (AvgIpc) is 3.19. The molecule has 0 amide bonds. The number of pyridine rings is 1. The molecule has 7 nitrogen and oxygen atoms in total. The molecule has 1 saturated heterocycles. The van der Waals surface area contributed by atoms with Gasteiger partial charge in [0.25, 0.3) is 0 Å². The van der Waals surface area contributed by atoms with Crippen molar-refractivity contribution >= 4 is 15.8 Å². The van der Waals surface area contributed by atoms with Gasteiger partial charge in [0.2, 0.25) is 10.0 Å². The summed E-state index contributed by atoms with van der Waals surface area (Å²) < 4.78 is 62.1. The first-order valence-electron chi connectivity index (χ1n) is 11.6. The molecule has 2 aromatic rings. The number of hydrogen-bond donors (Lipinski definition) is 1. The van der Waals surface area contributed by atoms with Crippen LogP contribution in [0.25, 0.3) is 0 Å². The lowest BCUT2D eigenvalue weighted by molar-refractivity contribution is -0.0500. The van der Waals surface area contributed by atoms with Gasteiger partial charge in [0.15, 0.2) is 0 Å². The van der Waals surface area contributed by atoms with Crippen LogP contribution in [0.5, 0.6) is 5.75 Å². The fourth-order valence-electron chi connectivity index (χ4n) is 4.99. The number of alkyl halides is 2. The number of rotatable bonds is 9. The molecule has 1 aliphatic heterocycles. The number of sulfonamides is 1. The summed E-state index contributed by atoms with van der Waals surface area (Å²) >= 11 is 0. The third-order valence-corrected chi connectivity index (χ3v) is 7.33. The quantitative estimate of drug-likeness (QED) is 0.568. The molecule has 186 valence electrons. The monoisotopic (exact) mass is 495 g/mol. The van der Waals surface area contributed by atoms with E-state index >= 15 is 0 Å². The molecule has 2 fully saturated rings. The van der Waals surface area contributed by atoms with Crippen molar-refractivity contribution < 1.29 is 26.7 Å². The fraction of sp³-hybridized carbons (Fsp3) is 0.542. The molecule has 1 saturated carbocycles. The predicted molar refractivity (Wildman–Crippen MR) is 126 cm³/mol. The largest absolute Gasteiger partial charge is 0.433 e. The third-order valence-electron chi connectivity index (χ3n) is 6.60. The highest BCUT2D eigenvalue weighted by Gasteiger charge is 2.37. The molecule has 10 heteroatoms. The van der Waals surface area contributed by atoms with Crippen LogP contribution < -0.4 is 14.4 Å². The van der Waals surface area contributed by atoms with Gasteiger partial charge in [-0.3, -0.25) is 0 Å². The van der Waals surface area contributed by atoms with Crippen LogP contribution in [0, 0.1) is 0 Å². The Bertz CT molecular complexity index is 1020. The Kier molecular flexibility index (Phi) is 8.00. The maximum absolute atomic E-state index is 12.4. The van der Waals surface area contributed by atoms with Crippen LogP contribution in [0.1, 0.15) is 43.6 Å².